The summed E-state index contributed by atoms with van der Waals surface area (Å²) < 4.78 is 50.0. The molecule has 1 aliphatic heterocycles. The van der Waals surface area contributed by atoms with Gasteiger partial charge in [0.1, 0.15) is 5.75 Å². The third-order valence-corrected chi connectivity index (χ3v) is 4.94. The Bertz CT molecular complexity index is 1240. The summed E-state index contributed by atoms with van der Waals surface area (Å²) in [6, 6.07) is 9.15. The molecule has 1 aliphatic rings. The van der Waals surface area contributed by atoms with E-state index in [1.54, 1.807) is 29.2 Å². The molecule has 1 aromatic carbocycles. The number of amides is 1. The molecule has 3 aromatic rings. The lowest BCUT2D eigenvalue weighted by Crippen LogP contribution is -2.27. The lowest BCUT2D eigenvalue weighted by molar-refractivity contribution is -0.153. The summed E-state index contributed by atoms with van der Waals surface area (Å²) in [7, 11) is 0. The second kappa shape index (κ2) is 9.05. The van der Waals surface area contributed by atoms with Gasteiger partial charge in [0.25, 0.3) is 5.91 Å². The van der Waals surface area contributed by atoms with Gasteiger partial charge in [0.2, 0.25) is 5.88 Å². The molecule has 176 valence electrons. The van der Waals surface area contributed by atoms with E-state index in [0.717, 1.165) is 11.3 Å². The number of ether oxygens (including phenoxy) is 2. The first-order valence-electron chi connectivity index (χ1n) is 10.4. The number of aromatic nitrogens is 3. The highest BCUT2D eigenvalue weighted by atomic mass is 19.4. The topological polar surface area (TPSA) is 93.3 Å². The first-order valence-corrected chi connectivity index (χ1v) is 10.4. The number of hydrogen-bond acceptors (Lipinski definition) is 6. The van der Waals surface area contributed by atoms with Gasteiger partial charge in [-0.1, -0.05) is 0 Å². The maximum Gasteiger partial charge on any atom is 0.422 e. The SMILES string of the molecule is CC(C)Oc1cc(-n2cc3c(n2)CN(C(=O)c2cc(C#N)ccc2OCC(F)(F)F)C3)ccn1. The summed E-state index contributed by atoms with van der Waals surface area (Å²) >= 11 is 0. The third kappa shape index (κ3) is 5.11. The number of nitriles is 1. The molecule has 8 nitrogen and oxygen atoms in total. The van der Waals surface area contributed by atoms with Crippen LogP contribution in [0.4, 0.5) is 13.2 Å². The van der Waals surface area contributed by atoms with Crippen molar-refractivity contribution >= 4 is 5.91 Å². The van der Waals surface area contributed by atoms with Crippen LogP contribution in [0.5, 0.6) is 11.6 Å². The monoisotopic (exact) mass is 471 g/mol. The fourth-order valence-electron chi connectivity index (χ4n) is 3.50. The second-order valence-electron chi connectivity index (χ2n) is 7.95. The molecule has 0 fully saturated rings. The van der Waals surface area contributed by atoms with E-state index < -0.39 is 18.7 Å². The highest BCUT2D eigenvalue weighted by Crippen LogP contribution is 2.29. The van der Waals surface area contributed by atoms with Crippen LogP contribution in [-0.2, 0) is 13.1 Å². The van der Waals surface area contributed by atoms with Crippen LogP contribution in [0.1, 0.15) is 41.0 Å². The molecular formula is C23H20F3N5O3. The number of carbonyl (C=O) groups is 1. The minimum atomic E-state index is -4.56. The Balaban J connectivity index is 1.53. The summed E-state index contributed by atoms with van der Waals surface area (Å²) in [5.41, 5.74) is 2.23. The van der Waals surface area contributed by atoms with Crippen LogP contribution in [0.2, 0.25) is 0 Å². The molecule has 34 heavy (non-hydrogen) atoms. The van der Waals surface area contributed by atoms with Crippen LogP contribution < -0.4 is 9.47 Å². The summed E-state index contributed by atoms with van der Waals surface area (Å²) in [5, 5.41) is 13.7. The van der Waals surface area contributed by atoms with E-state index >= 15 is 0 Å². The molecule has 0 unspecified atom stereocenters. The van der Waals surface area contributed by atoms with Gasteiger partial charge >= 0.3 is 6.18 Å². The molecule has 0 bridgehead atoms. The molecule has 11 heteroatoms. The lowest BCUT2D eigenvalue weighted by atomic mass is 10.1. The number of benzene rings is 1. The van der Waals surface area contributed by atoms with E-state index in [2.05, 4.69) is 10.1 Å². The average Bonchev–Trinajstić information content (AvgIpc) is 3.36. The third-order valence-electron chi connectivity index (χ3n) is 4.94. The normalized spacial score (nSPS) is 13.0. The molecule has 2 aromatic heterocycles. The van der Waals surface area contributed by atoms with Crippen LogP contribution in [-0.4, -0.2) is 44.5 Å². The predicted octanol–water partition coefficient (Wildman–Crippen LogP) is 4.02. The quantitative estimate of drug-likeness (QED) is 0.539. The first-order chi connectivity index (χ1) is 16.1. The highest BCUT2D eigenvalue weighted by Gasteiger charge is 2.32. The average molecular weight is 471 g/mol. The Labute approximate surface area is 193 Å². The van der Waals surface area contributed by atoms with Crippen LogP contribution in [0.15, 0.2) is 42.7 Å². The van der Waals surface area contributed by atoms with Gasteiger partial charge in [-0.25, -0.2) is 9.67 Å². The molecule has 0 radical (unpaired) electrons. The maximum absolute atomic E-state index is 13.1. The molecule has 0 N–H and O–H groups in total. The number of rotatable bonds is 6. The zero-order valence-corrected chi connectivity index (χ0v) is 18.3. The molecule has 0 saturated carbocycles. The van der Waals surface area contributed by atoms with Gasteiger partial charge in [0.05, 0.1) is 41.2 Å². The van der Waals surface area contributed by atoms with Crippen molar-refractivity contribution in [3.8, 4) is 23.4 Å². The van der Waals surface area contributed by atoms with Crippen LogP contribution in [0.3, 0.4) is 0 Å². The van der Waals surface area contributed by atoms with E-state index in [1.807, 2.05) is 19.9 Å². The largest absolute Gasteiger partial charge is 0.483 e. The van der Waals surface area contributed by atoms with E-state index in [9.17, 15) is 18.0 Å². The van der Waals surface area contributed by atoms with Crippen molar-refractivity contribution in [3.05, 3.63) is 65.1 Å². The van der Waals surface area contributed by atoms with Gasteiger partial charge in [0, 0.05) is 30.6 Å². The van der Waals surface area contributed by atoms with Crippen molar-refractivity contribution in [2.45, 2.75) is 39.2 Å². The standard InChI is InChI=1S/C23H20F3N5O3/c1-14(2)34-21-8-17(5-6-28-21)31-11-16-10-30(12-19(16)29-31)22(32)18-7-15(9-27)3-4-20(18)33-13-23(24,25)26/h3-8,11,14H,10,12-13H2,1-2H3. The Morgan fingerprint density at radius 3 is 2.71 bits per heavy atom. The Hall–Kier alpha value is -4.07. The van der Waals surface area contributed by atoms with E-state index in [1.165, 1.54) is 23.1 Å². The number of alkyl halides is 3. The number of nitrogens with zero attached hydrogens (tertiary/aromatic N) is 5. The maximum atomic E-state index is 13.1. The number of halogens is 3. The Morgan fingerprint density at radius 2 is 2.03 bits per heavy atom. The summed E-state index contributed by atoms with van der Waals surface area (Å²) in [6.45, 7) is 2.63. The summed E-state index contributed by atoms with van der Waals surface area (Å²) in [4.78, 5) is 18.7. The van der Waals surface area contributed by atoms with E-state index in [4.69, 9.17) is 14.7 Å². The Morgan fingerprint density at radius 1 is 1.24 bits per heavy atom. The molecule has 0 atom stereocenters. The number of pyridine rings is 1. The molecule has 3 heterocycles. The molecule has 4 rings (SSSR count). The smallest absolute Gasteiger partial charge is 0.422 e. The van der Waals surface area contributed by atoms with Gasteiger partial charge < -0.3 is 14.4 Å². The van der Waals surface area contributed by atoms with E-state index in [0.29, 0.717) is 11.6 Å². The van der Waals surface area contributed by atoms with Crippen molar-refractivity contribution in [1.29, 1.82) is 5.26 Å². The molecule has 0 spiro atoms. The summed E-state index contributed by atoms with van der Waals surface area (Å²) in [5.74, 6) is -0.315. The van der Waals surface area contributed by atoms with Gasteiger partial charge in [-0.05, 0) is 38.1 Å². The predicted molar refractivity (Wildman–Crippen MR) is 113 cm³/mol. The van der Waals surface area contributed by atoms with Crippen LogP contribution >= 0.6 is 0 Å². The van der Waals surface area contributed by atoms with Crippen molar-refractivity contribution in [1.82, 2.24) is 19.7 Å². The Kier molecular flexibility index (Phi) is 6.15. The fourth-order valence-corrected chi connectivity index (χ4v) is 3.50. The minimum absolute atomic E-state index is 0.0329. The first kappa shape index (κ1) is 23.1. The lowest BCUT2D eigenvalue weighted by Gasteiger charge is -2.19. The molecule has 0 aliphatic carbocycles. The molecule has 0 saturated heterocycles. The zero-order chi connectivity index (χ0) is 24.5. The number of carbonyl (C=O) groups excluding carboxylic acids is 1. The van der Waals surface area contributed by atoms with Gasteiger partial charge in [-0.2, -0.15) is 23.5 Å². The number of fused-ring (bicyclic) bond motifs is 1. The van der Waals surface area contributed by atoms with Crippen molar-refractivity contribution < 1.29 is 27.4 Å². The highest BCUT2D eigenvalue weighted by molar-refractivity contribution is 5.97. The minimum Gasteiger partial charge on any atom is -0.483 e. The van der Waals surface area contributed by atoms with Crippen molar-refractivity contribution in [3.63, 3.8) is 0 Å². The summed E-state index contributed by atoms with van der Waals surface area (Å²) in [6.07, 6.45) is -1.20. The number of hydrogen-bond donors (Lipinski definition) is 0. The second-order valence-corrected chi connectivity index (χ2v) is 7.95. The van der Waals surface area contributed by atoms with Crippen LogP contribution in [0.25, 0.3) is 5.69 Å². The zero-order valence-electron chi connectivity index (χ0n) is 18.3. The van der Waals surface area contributed by atoms with Gasteiger partial charge in [-0.15, -0.1) is 0 Å². The van der Waals surface area contributed by atoms with Crippen molar-refractivity contribution in [2.24, 2.45) is 0 Å². The van der Waals surface area contributed by atoms with Crippen molar-refractivity contribution in [2.75, 3.05) is 6.61 Å². The fraction of sp³-hybridized carbons (Fsp3) is 0.304. The molecular weight excluding hydrogens is 451 g/mol. The molecule has 1 amide bonds. The van der Waals surface area contributed by atoms with E-state index in [-0.39, 0.29) is 36.1 Å². The van der Waals surface area contributed by atoms with Gasteiger partial charge in [0.15, 0.2) is 6.61 Å². The van der Waals surface area contributed by atoms with Crippen LogP contribution in [0, 0.1) is 11.3 Å². The van der Waals surface area contributed by atoms with Gasteiger partial charge in [-0.3, -0.25) is 4.79 Å².